The molecule has 1 aliphatic rings. The lowest BCUT2D eigenvalue weighted by Crippen LogP contribution is -2.44. The van der Waals surface area contributed by atoms with Crippen LogP contribution in [-0.4, -0.2) is 72.2 Å². The number of carbonyl (C=O) groups excluding carboxylic acids is 4. The van der Waals surface area contributed by atoms with E-state index in [4.69, 9.17) is 11.6 Å². The predicted molar refractivity (Wildman–Crippen MR) is 87.5 cm³/mol. The smallest absolute Gasteiger partial charge is 0.327 e. The number of carbonyl (C=O) groups is 4. The van der Waals surface area contributed by atoms with E-state index >= 15 is 0 Å². The van der Waals surface area contributed by atoms with Crippen LogP contribution < -0.4 is 5.32 Å². The van der Waals surface area contributed by atoms with Gasteiger partial charge in [0.1, 0.15) is 13.1 Å². The Balaban J connectivity index is 1.87. The summed E-state index contributed by atoms with van der Waals surface area (Å²) < 4.78 is 0. The number of halogens is 1. The standard InChI is InChI=1S/C15H17ClN4O4/c1-18(7-12(21)17-11-5-3-10(16)4-6-11)13(22)9-20-14(23)8-19(2)15(20)24/h3-6H,7-9H2,1-2H3,(H,17,21). The van der Waals surface area contributed by atoms with Crippen molar-refractivity contribution >= 4 is 41.0 Å². The Labute approximate surface area is 143 Å². The molecule has 1 N–H and O–H groups in total. The molecule has 0 aliphatic carbocycles. The lowest BCUT2D eigenvalue weighted by Gasteiger charge is -2.20. The highest BCUT2D eigenvalue weighted by Crippen LogP contribution is 2.13. The highest BCUT2D eigenvalue weighted by molar-refractivity contribution is 6.30. The minimum absolute atomic E-state index is 0.0487. The molecule has 24 heavy (non-hydrogen) atoms. The average Bonchev–Trinajstić information content (AvgIpc) is 2.75. The Morgan fingerprint density at radius 1 is 1.25 bits per heavy atom. The number of amides is 5. The fraction of sp³-hybridized carbons (Fsp3) is 0.333. The molecule has 0 radical (unpaired) electrons. The maximum atomic E-state index is 12.1. The van der Waals surface area contributed by atoms with E-state index in [2.05, 4.69) is 5.32 Å². The fourth-order valence-corrected chi connectivity index (χ4v) is 2.24. The summed E-state index contributed by atoms with van der Waals surface area (Å²) in [5.41, 5.74) is 0.553. The number of imide groups is 1. The van der Waals surface area contributed by atoms with Gasteiger partial charge in [-0.1, -0.05) is 11.6 Å². The monoisotopic (exact) mass is 352 g/mol. The third-order valence-electron chi connectivity index (χ3n) is 3.46. The summed E-state index contributed by atoms with van der Waals surface area (Å²) in [6, 6.07) is 6.02. The molecular formula is C15H17ClN4O4. The summed E-state index contributed by atoms with van der Waals surface area (Å²) >= 11 is 5.76. The first kappa shape index (κ1) is 17.7. The molecule has 0 atom stereocenters. The maximum Gasteiger partial charge on any atom is 0.327 e. The second-order valence-electron chi connectivity index (χ2n) is 5.42. The molecule has 8 nitrogen and oxygen atoms in total. The van der Waals surface area contributed by atoms with Crippen molar-refractivity contribution in [1.82, 2.24) is 14.7 Å². The van der Waals surface area contributed by atoms with Crippen LogP contribution in [0.15, 0.2) is 24.3 Å². The molecule has 1 heterocycles. The van der Waals surface area contributed by atoms with Crippen molar-refractivity contribution in [1.29, 1.82) is 0 Å². The van der Waals surface area contributed by atoms with E-state index < -0.39 is 23.8 Å². The molecule has 0 saturated carbocycles. The second kappa shape index (κ2) is 7.31. The van der Waals surface area contributed by atoms with Crippen molar-refractivity contribution in [3.63, 3.8) is 0 Å². The minimum atomic E-state index is -0.521. The molecule has 128 valence electrons. The largest absolute Gasteiger partial charge is 0.335 e. The van der Waals surface area contributed by atoms with Crippen molar-refractivity contribution in [2.24, 2.45) is 0 Å². The first-order chi connectivity index (χ1) is 11.3. The van der Waals surface area contributed by atoms with Crippen LogP contribution in [0, 0.1) is 0 Å². The predicted octanol–water partition coefficient (Wildman–Crippen LogP) is 0.631. The van der Waals surface area contributed by atoms with Crippen LogP contribution >= 0.6 is 11.6 Å². The van der Waals surface area contributed by atoms with E-state index in [-0.39, 0.29) is 19.6 Å². The number of hydrogen-bond donors (Lipinski definition) is 1. The minimum Gasteiger partial charge on any atom is -0.335 e. The lowest BCUT2D eigenvalue weighted by molar-refractivity contribution is -0.137. The normalized spacial score (nSPS) is 14.1. The van der Waals surface area contributed by atoms with Gasteiger partial charge in [0.05, 0.1) is 6.54 Å². The van der Waals surface area contributed by atoms with Crippen LogP contribution in [0.5, 0.6) is 0 Å². The number of benzene rings is 1. The van der Waals surface area contributed by atoms with E-state index in [1.807, 2.05) is 0 Å². The fourth-order valence-electron chi connectivity index (χ4n) is 2.12. The van der Waals surface area contributed by atoms with Crippen molar-refractivity contribution < 1.29 is 19.2 Å². The quantitative estimate of drug-likeness (QED) is 0.787. The number of likely N-dealkylation sites (N-methyl/N-ethyl adjacent to an activating group) is 2. The van der Waals surface area contributed by atoms with Crippen molar-refractivity contribution in [2.75, 3.05) is 39.0 Å². The van der Waals surface area contributed by atoms with E-state index in [0.717, 1.165) is 9.80 Å². The van der Waals surface area contributed by atoms with Gasteiger partial charge < -0.3 is 15.1 Å². The van der Waals surface area contributed by atoms with Crippen molar-refractivity contribution in [2.45, 2.75) is 0 Å². The molecule has 1 saturated heterocycles. The van der Waals surface area contributed by atoms with E-state index in [1.165, 1.54) is 19.0 Å². The third kappa shape index (κ3) is 4.23. The summed E-state index contributed by atoms with van der Waals surface area (Å²) in [6.45, 7) is -0.632. The summed E-state index contributed by atoms with van der Waals surface area (Å²) in [6.07, 6.45) is 0. The zero-order chi connectivity index (χ0) is 17.9. The van der Waals surface area contributed by atoms with Gasteiger partial charge in [-0.05, 0) is 24.3 Å². The molecule has 5 amide bonds. The first-order valence-electron chi connectivity index (χ1n) is 7.13. The van der Waals surface area contributed by atoms with Gasteiger partial charge in [0.25, 0.3) is 5.91 Å². The van der Waals surface area contributed by atoms with Crippen LogP contribution in [0.4, 0.5) is 10.5 Å². The van der Waals surface area contributed by atoms with Gasteiger partial charge in [-0.2, -0.15) is 0 Å². The molecule has 0 bridgehead atoms. The number of nitrogens with one attached hydrogen (secondary N) is 1. The highest BCUT2D eigenvalue weighted by atomic mass is 35.5. The highest BCUT2D eigenvalue weighted by Gasteiger charge is 2.35. The number of nitrogens with zero attached hydrogens (tertiary/aromatic N) is 3. The average molecular weight is 353 g/mol. The first-order valence-corrected chi connectivity index (χ1v) is 7.50. The molecule has 1 aromatic carbocycles. The topological polar surface area (TPSA) is 90.0 Å². The molecule has 0 spiro atoms. The summed E-state index contributed by atoms with van der Waals surface area (Å²) in [7, 11) is 2.91. The van der Waals surface area contributed by atoms with Gasteiger partial charge in [-0.3, -0.25) is 19.3 Å². The van der Waals surface area contributed by atoms with E-state index in [1.54, 1.807) is 24.3 Å². The Hall–Kier alpha value is -2.61. The number of rotatable bonds is 5. The van der Waals surface area contributed by atoms with Crippen LogP contribution in [0.2, 0.25) is 5.02 Å². The van der Waals surface area contributed by atoms with Gasteiger partial charge >= 0.3 is 6.03 Å². The molecule has 1 aliphatic heterocycles. The molecule has 1 aromatic rings. The molecular weight excluding hydrogens is 336 g/mol. The zero-order valence-electron chi connectivity index (χ0n) is 13.3. The number of hydrogen-bond acceptors (Lipinski definition) is 4. The molecule has 0 unspecified atom stereocenters. The Morgan fingerprint density at radius 2 is 1.88 bits per heavy atom. The van der Waals surface area contributed by atoms with Gasteiger partial charge in [-0.15, -0.1) is 0 Å². The Morgan fingerprint density at radius 3 is 2.42 bits per heavy atom. The van der Waals surface area contributed by atoms with Crippen LogP contribution in [0.1, 0.15) is 0 Å². The van der Waals surface area contributed by atoms with Gasteiger partial charge in [0, 0.05) is 24.8 Å². The number of anilines is 1. The number of urea groups is 1. The van der Waals surface area contributed by atoms with Crippen LogP contribution in [-0.2, 0) is 14.4 Å². The van der Waals surface area contributed by atoms with Gasteiger partial charge in [0.2, 0.25) is 11.8 Å². The van der Waals surface area contributed by atoms with Crippen molar-refractivity contribution in [3.8, 4) is 0 Å². The summed E-state index contributed by atoms with van der Waals surface area (Å²) in [5.74, 6) is -1.34. The van der Waals surface area contributed by atoms with Gasteiger partial charge in [0.15, 0.2) is 0 Å². The van der Waals surface area contributed by atoms with Crippen LogP contribution in [0.3, 0.4) is 0 Å². The zero-order valence-corrected chi connectivity index (χ0v) is 14.0. The molecule has 1 fully saturated rings. The third-order valence-corrected chi connectivity index (χ3v) is 3.71. The Kier molecular flexibility index (Phi) is 5.40. The maximum absolute atomic E-state index is 12.1. The molecule has 2 rings (SSSR count). The summed E-state index contributed by atoms with van der Waals surface area (Å²) in [5, 5.41) is 3.17. The molecule has 9 heteroatoms. The summed E-state index contributed by atoms with van der Waals surface area (Å²) in [4.78, 5) is 50.7. The van der Waals surface area contributed by atoms with E-state index in [0.29, 0.717) is 10.7 Å². The lowest BCUT2D eigenvalue weighted by atomic mass is 10.3. The SMILES string of the molecule is CN(CC(=O)Nc1ccc(Cl)cc1)C(=O)CN1C(=O)CN(C)C1=O. The van der Waals surface area contributed by atoms with Crippen molar-refractivity contribution in [3.05, 3.63) is 29.3 Å². The van der Waals surface area contributed by atoms with Crippen LogP contribution in [0.25, 0.3) is 0 Å². The van der Waals surface area contributed by atoms with Gasteiger partial charge in [-0.25, -0.2) is 4.79 Å². The second-order valence-corrected chi connectivity index (χ2v) is 5.86. The Bertz CT molecular complexity index is 677. The van der Waals surface area contributed by atoms with E-state index in [9.17, 15) is 19.2 Å². The molecule has 0 aromatic heterocycles.